The molecule has 0 radical (unpaired) electrons. The maximum Gasteiger partial charge on any atom is 0.262 e. The summed E-state index contributed by atoms with van der Waals surface area (Å²) in [5.74, 6) is -0.107. The van der Waals surface area contributed by atoms with Crippen molar-refractivity contribution >= 4 is 39.9 Å². The van der Waals surface area contributed by atoms with Crippen LogP contribution in [0, 0.1) is 0 Å². The molecule has 2 heterocycles. The quantitative estimate of drug-likeness (QED) is 0.416. The highest BCUT2D eigenvalue weighted by molar-refractivity contribution is 8.00. The summed E-state index contributed by atoms with van der Waals surface area (Å²) in [5.41, 5.74) is 2.56. The summed E-state index contributed by atoms with van der Waals surface area (Å²) in [7, 11) is 0. The van der Waals surface area contributed by atoms with E-state index in [0.717, 1.165) is 63.4 Å². The molecule has 8 heteroatoms. The summed E-state index contributed by atoms with van der Waals surface area (Å²) < 4.78 is 7.25. The van der Waals surface area contributed by atoms with Crippen LogP contribution in [0.5, 0.6) is 0 Å². The number of nitrogens with zero attached hydrogens (tertiary/aromatic N) is 3. The highest BCUT2D eigenvalue weighted by Gasteiger charge is 2.25. The standard InChI is InChI=1S/C26H30N4O3S/c1-18(24(31)27-19-10-12-20(13-11-19)29-14-16-33-17-15-29)34-26-28-23-9-5-4-8-22(23)25(32)30(26)21-6-2-3-7-21/h4-5,8-13,18,21H,2-3,6-7,14-17H2,1H3,(H,27,31). The summed E-state index contributed by atoms with van der Waals surface area (Å²) in [6.45, 7) is 5.09. The molecule has 178 valence electrons. The average molecular weight is 479 g/mol. The number of para-hydroxylation sites is 1. The van der Waals surface area contributed by atoms with Crippen molar-refractivity contribution < 1.29 is 9.53 Å². The normalized spacial score (nSPS) is 17.7. The van der Waals surface area contributed by atoms with E-state index in [1.54, 1.807) is 0 Å². The Hall–Kier alpha value is -2.84. The van der Waals surface area contributed by atoms with Crippen molar-refractivity contribution in [2.45, 2.75) is 49.1 Å². The Kier molecular flexibility index (Phi) is 6.87. The number of ether oxygens (including phenoxy) is 1. The van der Waals surface area contributed by atoms with Gasteiger partial charge in [0.25, 0.3) is 5.56 Å². The molecule has 1 amide bonds. The molecule has 3 aromatic rings. The van der Waals surface area contributed by atoms with Crippen LogP contribution in [0.25, 0.3) is 10.9 Å². The first-order chi connectivity index (χ1) is 16.6. The number of carbonyl (C=O) groups is 1. The van der Waals surface area contributed by atoms with E-state index in [4.69, 9.17) is 9.72 Å². The second-order valence-electron chi connectivity index (χ2n) is 8.92. The van der Waals surface area contributed by atoms with Gasteiger partial charge in [-0.25, -0.2) is 4.98 Å². The van der Waals surface area contributed by atoms with Gasteiger partial charge in [0.15, 0.2) is 5.16 Å². The highest BCUT2D eigenvalue weighted by atomic mass is 32.2. The predicted octanol–water partition coefficient (Wildman–Crippen LogP) is 4.47. The molecule has 2 aromatic carbocycles. The number of aromatic nitrogens is 2. The zero-order chi connectivity index (χ0) is 23.5. The molecule has 1 saturated carbocycles. The van der Waals surface area contributed by atoms with Gasteiger partial charge in [-0.1, -0.05) is 36.7 Å². The van der Waals surface area contributed by atoms with Crippen molar-refractivity contribution in [2.75, 3.05) is 36.5 Å². The number of morpholine rings is 1. The van der Waals surface area contributed by atoms with Gasteiger partial charge in [-0.15, -0.1) is 0 Å². The summed E-state index contributed by atoms with van der Waals surface area (Å²) in [6, 6.07) is 15.5. The highest BCUT2D eigenvalue weighted by Crippen LogP contribution is 2.33. The van der Waals surface area contributed by atoms with E-state index in [0.29, 0.717) is 16.1 Å². The van der Waals surface area contributed by atoms with Crippen LogP contribution in [-0.2, 0) is 9.53 Å². The molecule has 1 unspecified atom stereocenters. The Morgan fingerprint density at radius 3 is 2.53 bits per heavy atom. The fourth-order valence-corrected chi connectivity index (χ4v) is 5.70. The van der Waals surface area contributed by atoms with Gasteiger partial charge in [0.05, 0.1) is 29.4 Å². The van der Waals surface area contributed by atoms with Gasteiger partial charge in [-0.3, -0.25) is 14.2 Å². The minimum Gasteiger partial charge on any atom is -0.378 e. The number of thioether (sulfide) groups is 1. The van der Waals surface area contributed by atoms with Gasteiger partial charge in [0.1, 0.15) is 0 Å². The Morgan fingerprint density at radius 2 is 1.79 bits per heavy atom. The van der Waals surface area contributed by atoms with Gasteiger partial charge >= 0.3 is 0 Å². The zero-order valence-electron chi connectivity index (χ0n) is 19.4. The van der Waals surface area contributed by atoms with Gasteiger partial charge < -0.3 is 15.0 Å². The number of nitrogens with one attached hydrogen (secondary N) is 1. The predicted molar refractivity (Wildman–Crippen MR) is 137 cm³/mol. The van der Waals surface area contributed by atoms with Crippen LogP contribution < -0.4 is 15.8 Å². The number of anilines is 2. The van der Waals surface area contributed by atoms with Crippen molar-refractivity contribution in [1.29, 1.82) is 0 Å². The number of hydrogen-bond acceptors (Lipinski definition) is 6. The third kappa shape index (κ3) is 4.83. The van der Waals surface area contributed by atoms with Crippen molar-refractivity contribution in [2.24, 2.45) is 0 Å². The Morgan fingerprint density at radius 1 is 1.09 bits per heavy atom. The van der Waals surface area contributed by atoms with Crippen LogP contribution in [-0.4, -0.2) is 47.0 Å². The molecule has 5 rings (SSSR count). The Balaban J connectivity index is 1.33. The molecule has 0 spiro atoms. The second-order valence-corrected chi connectivity index (χ2v) is 10.2. The van der Waals surface area contributed by atoms with Crippen LogP contribution >= 0.6 is 11.8 Å². The molecule has 1 N–H and O–H groups in total. The molecule has 2 fully saturated rings. The molecule has 34 heavy (non-hydrogen) atoms. The van der Waals surface area contributed by atoms with E-state index in [9.17, 15) is 9.59 Å². The van der Waals surface area contributed by atoms with E-state index in [-0.39, 0.29) is 17.5 Å². The molecule has 1 aliphatic heterocycles. The van der Waals surface area contributed by atoms with Gasteiger partial charge in [-0.2, -0.15) is 0 Å². The third-order valence-corrected chi connectivity index (χ3v) is 7.69. The first-order valence-corrected chi connectivity index (χ1v) is 12.9. The van der Waals surface area contributed by atoms with Crippen LogP contribution in [0.1, 0.15) is 38.6 Å². The minimum atomic E-state index is -0.403. The monoisotopic (exact) mass is 478 g/mol. The number of amides is 1. The largest absolute Gasteiger partial charge is 0.378 e. The molecular formula is C26H30N4O3S. The number of hydrogen-bond donors (Lipinski definition) is 1. The van der Waals surface area contributed by atoms with E-state index in [1.165, 1.54) is 11.8 Å². The summed E-state index contributed by atoms with van der Waals surface area (Å²) in [6.07, 6.45) is 4.18. The fourth-order valence-electron chi connectivity index (χ4n) is 4.73. The molecule has 7 nitrogen and oxygen atoms in total. The molecule has 2 aliphatic rings. The average Bonchev–Trinajstić information content (AvgIpc) is 3.39. The minimum absolute atomic E-state index is 0.00805. The van der Waals surface area contributed by atoms with E-state index in [1.807, 2.05) is 60.0 Å². The Labute approximate surface area is 203 Å². The van der Waals surface area contributed by atoms with Crippen molar-refractivity contribution in [3.63, 3.8) is 0 Å². The van der Waals surface area contributed by atoms with Gasteiger partial charge in [-0.05, 0) is 56.2 Å². The SMILES string of the molecule is CC(Sc1nc2ccccc2c(=O)n1C1CCCC1)C(=O)Nc1ccc(N2CCOCC2)cc1. The van der Waals surface area contributed by atoms with Crippen LogP contribution in [0.15, 0.2) is 58.5 Å². The molecule has 1 atom stereocenters. The lowest BCUT2D eigenvalue weighted by Crippen LogP contribution is -2.36. The molecule has 1 saturated heterocycles. The second kappa shape index (κ2) is 10.2. The molecule has 0 bridgehead atoms. The third-order valence-electron chi connectivity index (χ3n) is 6.63. The summed E-state index contributed by atoms with van der Waals surface area (Å²) in [4.78, 5) is 33.4. The lowest BCUT2D eigenvalue weighted by molar-refractivity contribution is -0.115. The number of fused-ring (bicyclic) bond motifs is 1. The lowest BCUT2D eigenvalue weighted by Gasteiger charge is -2.29. The topological polar surface area (TPSA) is 76.5 Å². The van der Waals surface area contributed by atoms with Crippen molar-refractivity contribution in [3.8, 4) is 0 Å². The van der Waals surface area contributed by atoms with Crippen molar-refractivity contribution in [1.82, 2.24) is 9.55 Å². The van der Waals surface area contributed by atoms with Crippen LogP contribution in [0.2, 0.25) is 0 Å². The first kappa shape index (κ1) is 22.9. The zero-order valence-corrected chi connectivity index (χ0v) is 20.2. The van der Waals surface area contributed by atoms with Crippen molar-refractivity contribution in [3.05, 3.63) is 58.9 Å². The van der Waals surface area contributed by atoms with E-state index < -0.39 is 5.25 Å². The molecular weight excluding hydrogens is 448 g/mol. The van der Waals surface area contributed by atoms with Crippen LogP contribution in [0.3, 0.4) is 0 Å². The van der Waals surface area contributed by atoms with Gasteiger partial charge in [0.2, 0.25) is 5.91 Å². The van der Waals surface area contributed by atoms with Gasteiger partial charge in [0, 0.05) is 30.5 Å². The first-order valence-electron chi connectivity index (χ1n) is 12.0. The lowest BCUT2D eigenvalue weighted by atomic mass is 10.2. The van der Waals surface area contributed by atoms with Crippen LogP contribution in [0.4, 0.5) is 11.4 Å². The molecule has 1 aliphatic carbocycles. The number of carbonyl (C=O) groups excluding carboxylic acids is 1. The maximum absolute atomic E-state index is 13.3. The van der Waals surface area contributed by atoms with E-state index in [2.05, 4.69) is 10.2 Å². The smallest absolute Gasteiger partial charge is 0.262 e. The van der Waals surface area contributed by atoms with E-state index >= 15 is 0 Å². The molecule has 1 aromatic heterocycles. The summed E-state index contributed by atoms with van der Waals surface area (Å²) in [5, 5.41) is 3.87. The number of benzene rings is 2. The maximum atomic E-state index is 13.3. The summed E-state index contributed by atoms with van der Waals surface area (Å²) >= 11 is 1.36. The number of rotatable bonds is 6. The fraction of sp³-hybridized carbons (Fsp3) is 0.423. The Bertz CT molecular complexity index is 1210.